The van der Waals surface area contributed by atoms with Crippen molar-refractivity contribution in [3.63, 3.8) is 0 Å². The first-order valence-corrected chi connectivity index (χ1v) is 6.41. The highest BCUT2D eigenvalue weighted by atomic mass is 16.4. The van der Waals surface area contributed by atoms with Crippen LogP contribution in [0.2, 0.25) is 0 Å². The van der Waals surface area contributed by atoms with E-state index >= 15 is 0 Å². The Morgan fingerprint density at radius 2 is 2.00 bits per heavy atom. The summed E-state index contributed by atoms with van der Waals surface area (Å²) in [5.74, 6) is -0.201. The molecular weight excluding hydrogens is 212 g/mol. The van der Waals surface area contributed by atoms with Crippen LogP contribution < -0.4 is 0 Å². The first kappa shape index (κ1) is 12.2. The van der Waals surface area contributed by atoms with Crippen molar-refractivity contribution in [3.8, 4) is 0 Å². The van der Waals surface area contributed by atoms with E-state index in [9.17, 15) is 4.79 Å². The first-order chi connectivity index (χ1) is 8.08. The Morgan fingerprint density at radius 1 is 1.29 bits per heavy atom. The summed E-state index contributed by atoms with van der Waals surface area (Å²) in [5, 5.41) is 8.99. The van der Waals surface area contributed by atoms with Gasteiger partial charge in [-0.2, -0.15) is 0 Å². The number of carbonyl (C=O) groups is 1. The number of fused-ring (bicyclic) bond motifs is 1. The lowest BCUT2D eigenvalue weighted by molar-refractivity contribution is -0.137. The van der Waals surface area contributed by atoms with Crippen LogP contribution in [0.4, 0.5) is 0 Å². The maximum atomic E-state index is 10.9. The van der Waals surface area contributed by atoms with E-state index < -0.39 is 5.97 Å². The average molecular weight is 232 g/mol. The summed E-state index contributed by atoms with van der Waals surface area (Å²) >= 11 is 0. The molecule has 92 valence electrons. The fourth-order valence-corrected chi connectivity index (χ4v) is 2.75. The second-order valence-corrected chi connectivity index (χ2v) is 5.33. The molecule has 1 aromatic carbocycles. The van der Waals surface area contributed by atoms with Crippen molar-refractivity contribution in [1.82, 2.24) is 0 Å². The second-order valence-electron chi connectivity index (χ2n) is 5.33. The van der Waals surface area contributed by atoms with Gasteiger partial charge in [-0.25, -0.2) is 0 Å². The molecule has 0 saturated heterocycles. The number of benzene rings is 1. The molecule has 0 fully saturated rings. The van der Waals surface area contributed by atoms with E-state index in [-0.39, 0.29) is 12.3 Å². The molecule has 0 bridgehead atoms. The van der Waals surface area contributed by atoms with Crippen LogP contribution in [0.3, 0.4) is 0 Å². The second kappa shape index (κ2) is 4.91. The Hall–Kier alpha value is -1.31. The lowest BCUT2D eigenvalue weighted by atomic mass is 9.84. The van der Waals surface area contributed by atoms with Crippen molar-refractivity contribution in [2.45, 2.75) is 45.4 Å². The zero-order valence-electron chi connectivity index (χ0n) is 10.6. The number of hydrogen-bond donors (Lipinski definition) is 1. The third kappa shape index (κ3) is 2.68. The number of aryl methyl sites for hydroxylation is 2. The summed E-state index contributed by atoms with van der Waals surface area (Å²) in [7, 11) is 0. The van der Waals surface area contributed by atoms with Gasteiger partial charge in [0.2, 0.25) is 0 Å². The summed E-state index contributed by atoms with van der Waals surface area (Å²) < 4.78 is 0. The van der Waals surface area contributed by atoms with Gasteiger partial charge in [-0.05, 0) is 47.8 Å². The van der Waals surface area contributed by atoms with Gasteiger partial charge in [-0.3, -0.25) is 4.79 Å². The number of carboxylic acids is 1. The molecule has 17 heavy (non-hydrogen) atoms. The molecule has 0 amide bonds. The van der Waals surface area contributed by atoms with E-state index in [0.717, 1.165) is 6.42 Å². The Balaban J connectivity index is 2.27. The number of aliphatic carboxylic acids is 1. The third-order valence-electron chi connectivity index (χ3n) is 3.75. The molecule has 1 aliphatic carbocycles. The standard InChI is InChI=1S/C15H20O2/c1-10(2)14(9-15(16)17)13-7-6-11-4-3-5-12(11)8-13/h6-8,10,14H,3-5,9H2,1-2H3,(H,16,17)/t14-/m1/s1. The molecule has 2 heteroatoms. The normalized spacial score (nSPS) is 15.9. The molecule has 0 saturated carbocycles. The summed E-state index contributed by atoms with van der Waals surface area (Å²) in [4.78, 5) is 10.9. The lowest BCUT2D eigenvalue weighted by Crippen LogP contribution is -2.12. The van der Waals surface area contributed by atoms with Gasteiger partial charge in [0.05, 0.1) is 6.42 Å². The summed E-state index contributed by atoms with van der Waals surface area (Å²) in [5.41, 5.74) is 4.08. The van der Waals surface area contributed by atoms with Gasteiger partial charge in [0.1, 0.15) is 0 Å². The van der Waals surface area contributed by atoms with Crippen molar-refractivity contribution in [2.75, 3.05) is 0 Å². The highest BCUT2D eigenvalue weighted by Crippen LogP contribution is 2.31. The van der Waals surface area contributed by atoms with Gasteiger partial charge in [0, 0.05) is 0 Å². The summed E-state index contributed by atoms with van der Waals surface area (Å²) in [6, 6.07) is 6.54. The molecule has 2 rings (SSSR count). The van der Waals surface area contributed by atoms with Gasteiger partial charge in [0.25, 0.3) is 0 Å². The molecule has 0 spiro atoms. The highest BCUT2D eigenvalue weighted by molar-refractivity contribution is 5.68. The Morgan fingerprint density at radius 3 is 2.65 bits per heavy atom. The Labute approximate surface area is 103 Å². The number of hydrogen-bond acceptors (Lipinski definition) is 1. The minimum absolute atomic E-state index is 0.137. The SMILES string of the molecule is CC(C)[C@@H](CC(=O)O)c1ccc2c(c1)CCC2. The summed E-state index contributed by atoms with van der Waals surface area (Å²) in [6.07, 6.45) is 3.81. The molecule has 1 aromatic rings. The first-order valence-electron chi connectivity index (χ1n) is 6.41. The highest BCUT2D eigenvalue weighted by Gasteiger charge is 2.21. The van der Waals surface area contributed by atoms with Gasteiger partial charge in [0.15, 0.2) is 0 Å². The van der Waals surface area contributed by atoms with Crippen LogP contribution in [-0.4, -0.2) is 11.1 Å². The molecule has 1 atom stereocenters. The Kier molecular flexibility index (Phi) is 3.51. The van der Waals surface area contributed by atoms with Gasteiger partial charge < -0.3 is 5.11 Å². The van der Waals surface area contributed by atoms with E-state index in [2.05, 4.69) is 32.0 Å². The van der Waals surface area contributed by atoms with E-state index in [0.29, 0.717) is 5.92 Å². The Bertz CT molecular complexity index is 421. The quantitative estimate of drug-likeness (QED) is 0.864. The maximum Gasteiger partial charge on any atom is 0.303 e. The summed E-state index contributed by atoms with van der Waals surface area (Å²) in [6.45, 7) is 4.20. The van der Waals surface area contributed by atoms with E-state index in [1.54, 1.807) is 0 Å². The van der Waals surface area contributed by atoms with Crippen molar-refractivity contribution < 1.29 is 9.90 Å². The molecule has 1 aliphatic rings. The van der Waals surface area contributed by atoms with Crippen LogP contribution in [0.25, 0.3) is 0 Å². The minimum atomic E-state index is -0.704. The fraction of sp³-hybridized carbons (Fsp3) is 0.533. The lowest BCUT2D eigenvalue weighted by Gasteiger charge is -2.20. The van der Waals surface area contributed by atoms with E-state index in [1.165, 1.54) is 29.5 Å². The van der Waals surface area contributed by atoms with Crippen molar-refractivity contribution in [1.29, 1.82) is 0 Å². The molecule has 1 N–H and O–H groups in total. The van der Waals surface area contributed by atoms with Crippen molar-refractivity contribution >= 4 is 5.97 Å². The zero-order valence-corrected chi connectivity index (χ0v) is 10.6. The minimum Gasteiger partial charge on any atom is -0.481 e. The van der Waals surface area contributed by atoms with Crippen LogP contribution >= 0.6 is 0 Å². The predicted molar refractivity (Wildman–Crippen MR) is 68.3 cm³/mol. The smallest absolute Gasteiger partial charge is 0.303 e. The average Bonchev–Trinajstić information content (AvgIpc) is 2.72. The molecule has 2 nitrogen and oxygen atoms in total. The predicted octanol–water partition coefficient (Wildman–Crippen LogP) is 3.39. The van der Waals surface area contributed by atoms with Crippen LogP contribution in [0, 0.1) is 5.92 Å². The van der Waals surface area contributed by atoms with Crippen LogP contribution in [0.5, 0.6) is 0 Å². The number of rotatable bonds is 4. The maximum absolute atomic E-state index is 10.9. The van der Waals surface area contributed by atoms with Gasteiger partial charge >= 0.3 is 5.97 Å². The van der Waals surface area contributed by atoms with E-state index in [1.807, 2.05) is 0 Å². The molecular formula is C15H20O2. The topological polar surface area (TPSA) is 37.3 Å². The zero-order chi connectivity index (χ0) is 12.4. The molecule has 0 radical (unpaired) electrons. The van der Waals surface area contributed by atoms with Crippen LogP contribution in [0.15, 0.2) is 18.2 Å². The third-order valence-corrected chi connectivity index (χ3v) is 3.75. The molecule has 0 unspecified atom stereocenters. The fourth-order valence-electron chi connectivity index (χ4n) is 2.75. The van der Waals surface area contributed by atoms with Crippen LogP contribution in [0.1, 0.15) is 49.3 Å². The molecule has 0 aromatic heterocycles. The number of carboxylic acid groups (broad SMARTS) is 1. The van der Waals surface area contributed by atoms with Gasteiger partial charge in [-0.1, -0.05) is 32.0 Å². The monoisotopic (exact) mass is 232 g/mol. The largest absolute Gasteiger partial charge is 0.481 e. The van der Waals surface area contributed by atoms with Crippen LogP contribution in [-0.2, 0) is 17.6 Å². The van der Waals surface area contributed by atoms with Gasteiger partial charge in [-0.15, -0.1) is 0 Å². The molecule has 0 heterocycles. The van der Waals surface area contributed by atoms with Crippen molar-refractivity contribution in [2.24, 2.45) is 5.92 Å². The molecule has 0 aliphatic heterocycles. The van der Waals surface area contributed by atoms with Crippen molar-refractivity contribution in [3.05, 3.63) is 34.9 Å². The van der Waals surface area contributed by atoms with E-state index in [4.69, 9.17) is 5.11 Å².